The molecule has 21 heavy (non-hydrogen) atoms. The van der Waals surface area contributed by atoms with Gasteiger partial charge >= 0.3 is 0 Å². The number of nitrogens with zero attached hydrogens (tertiary/aromatic N) is 1. The van der Waals surface area contributed by atoms with E-state index in [0.29, 0.717) is 18.4 Å². The molecular formula is C17H32N2O2. The fourth-order valence-electron chi connectivity index (χ4n) is 2.71. The first-order chi connectivity index (χ1) is 9.46. The summed E-state index contributed by atoms with van der Waals surface area (Å²) in [4.78, 5) is 27.2. The zero-order valence-corrected chi connectivity index (χ0v) is 14.9. The number of carbonyl (C=O) groups is 2. The fraction of sp³-hybridized carbons (Fsp3) is 0.882. The van der Waals surface area contributed by atoms with Crippen molar-refractivity contribution in [1.29, 1.82) is 0 Å². The van der Waals surface area contributed by atoms with Crippen LogP contribution in [0.3, 0.4) is 0 Å². The Morgan fingerprint density at radius 2 is 1.62 bits per heavy atom. The molecule has 1 aliphatic heterocycles. The Morgan fingerprint density at radius 1 is 1.10 bits per heavy atom. The zero-order chi connectivity index (χ0) is 16.5. The number of hydrogen-bond donors (Lipinski definition) is 1. The summed E-state index contributed by atoms with van der Waals surface area (Å²) in [5, 5.41) is 2.94. The first-order valence-electron chi connectivity index (χ1n) is 8.07. The molecule has 1 saturated heterocycles. The third-order valence-corrected chi connectivity index (χ3v) is 4.54. The lowest BCUT2D eigenvalue weighted by molar-refractivity contribution is -0.155. The minimum absolute atomic E-state index is 0.0134. The van der Waals surface area contributed by atoms with Gasteiger partial charge in [-0.05, 0) is 23.2 Å². The second-order valence-electron chi connectivity index (χ2n) is 8.21. The third kappa shape index (κ3) is 3.98. The van der Waals surface area contributed by atoms with Gasteiger partial charge in [0.25, 0.3) is 0 Å². The van der Waals surface area contributed by atoms with E-state index >= 15 is 0 Å². The molecule has 1 N–H and O–H groups in total. The highest BCUT2D eigenvalue weighted by Crippen LogP contribution is 2.28. The quantitative estimate of drug-likeness (QED) is 0.867. The second kappa shape index (κ2) is 6.37. The largest absolute Gasteiger partial charge is 0.342 e. The molecule has 0 bridgehead atoms. The molecule has 4 heteroatoms. The SMILES string of the molecule is CC(C)C(C)CN1C(=O)C(C(C)(C)C)NC(=O)C1C(C)C. The Morgan fingerprint density at radius 3 is 2.00 bits per heavy atom. The van der Waals surface area contributed by atoms with Crippen LogP contribution in [0, 0.1) is 23.2 Å². The van der Waals surface area contributed by atoms with E-state index in [1.54, 1.807) is 0 Å². The van der Waals surface area contributed by atoms with Gasteiger partial charge in [0.15, 0.2) is 0 Å². The summed E-state index contributed by atoms with van der Waals surface area (Å²) in [7, 11) is 0. The molecule has 1 heterocycles. The van der Waals surface area contributed by atoms with E-state index in [1.807, 2.05) is 39.5 Å². The smallest absolute Gasteiger partial charge is 0.246 e. The molecule has 3 unspecified atom stereocenters. The van der Waals surface area contributed by atoms with E-state index in [0.717, 1.165) is 0 Å². The van der Waals surface area contributed by atoms with Crippen LogP contribution in [-0.2, 0) is 9.59 Å². The average Bonchev–Trinajstić information content (AvgIpc) is 2.31. The molecule has 0 aliphatic carbocycles. The van der Waals surface area contributed by atoms with Crippen molar-refractivity contribution in [3.63, 3.8) is 0 Å². The molecule has 0 aromatic carbocycles. The summed E-state index contributed by atoms with van der Waals surface area (Å²) >= 11 is 0. The minimum Gasteiger partial charge on any atom is -0.342 e. The van der Waals surface area contributed by atoms with E-state index in [2.05, 4.69) is 26.1 Å². The highest BCUT2D eigenvalue weighted by molar-refractivity contribution is 5.97. The van der Waals surface area contributed by atoms with E-state index in [1.165, 1.54) is 0 Å². The molecule has 1 fully saturated rings. The lowest BCUT2D eigenvalue weighted by Crippen LogP contribution is -2.68. The second-order valence-corrected chi connectivity index (χ2v) is 8.21. The number of piperazine rings is 1. The molecular weight excluding hydrogens is 264 g/mol. The maximum atomic E-state index is 12.9. The predicted octanol–water partition coefficient (Wildman–Crippen LogP) is 2.68. The molecule has 2 amide bonds. The number of rotatable bonds is 4. The van der Waals surface area contributed by atoms with E-state index in [-0.39, 0.29) is 29.2 Å². The molecule has 0 aromatic rings. The highest BCUT2D eigenvalue weighted by Gasteiger charge is 2.46. The molecule has 0 aromatic heterocycles. The van der Waals surface area contributed by atoms with Crippen LogP contribution >= 0.6 is 0 Å². The van der Waals surface area contributed by atoms with E-state index in [4.69, 9.17) is 0 Å². The normalized spacial score (nSPS) is 25.5. The molecule has 1 rings (SSSR count). The number of carbonyl (C=O) groups excluding carboxylic acids is 2. The lowest BCUT2D eigenvalue weighted by atomic mass is 9.82. The average molecular weight is 296 g/mol. The van der Waals surface area contributed by atoms with Crippen LogP contribution in [0.15, 0.2) is 0 Å². The van der Waals surface area contributed by atoms with Crippen LogP contribution in [0.4, 0.5) is 0 Å². The van der Waals surface area contributed by atoms with Gasteiger partial charge in [0.2, 0.25) is 11.8 Å². The van der Waals surface area contributed by atoms with Crippen molar-refractivity contribution in [3.05, 3.63) is 0 Å². The number of hydrogen-bond acceptors (Lipinski definition) is 2. The van der Waals surface area contributed by atoms with Crippen LogP contribution < -0.4 is 5.32 Å². The Labute approximate surface area is 129 Å². The van der Waals surface area contributed by atoms with Crippen LogP contribution in [0.1, 0.15) is 55.4 Å². The molecule has 3 atom stereocenters. The first kappa shape index (κ1) is 18.0. The van der Waals surface area contributed by atoms with Crippen molar-refractivity contribution in [3.8, 4) is 0 Å². The van der Waals surface area contributed by atoms with Crippen molar-refractivity contribution in [2.24, 2.45) is 23.2 Å². The van der Waals surface area contributed by atoms with Gasteiger partial charge in [-0.25, -0.2) is 0 Å². The van der Waals surface area contributed by atoms with Gasteiger partial charge in [-0.2, -0.15) is 0 Å². The minimum atomic E-state index is -0.431. The van der Waals surface area contributed by atoms with Crippen LogP contribution in [0.25, 0.3) is 0 Å². The first-order valence-corrected chi connectivity index (χ1v) is 8.07. The Balaban J connectivity index is 3.09. The van der Waals surface area contributed by atoms with Gasteiger partial charge in [0, 0.05) is 6.54 Å². The summed E-state index contributed by atoms with van der Waals surface area (Å²) in [6, 6.07) is -0.781. The van der Waals surface area contributed by atoms with E-state index in [9.17, 15) is 9.59 Å². The highest BCUT2D eigenvalue weighted by atomic mass is 16.2. The summed E-state index contributed by atoms with van der Waals surface area (Å²) in [6.07, 6.45) is 0. The number of amides is 2. The molecule has 122 valence electrons. The van der Waals surface area contributed by atoms with Crippen LogP contribution in [0.2, 0.25) is 0 Å². The Bertz CT molecular complexity index is 396. The van der Waals surface area contributed by atoms with Gasteiger partial charge < -0.3 is 10.2 Å². The van der Waals surface area contributed by atoms with Crippen molar-refractivity contribution in [2.45, 2.75) is 67.5 Å². The molecule has 1 aliphatic rings. The fourth-order valence-corrected chi connectivity index (χ4v) is 2.71. The molecule has 0 radical (unpaired) electrons. The van der Waals surface area contributed by atoms with Gasteiger partial charge in [-0.3, -0.25) is 9.59 Å². The summed E-state index contributed by atoms with van der Waals surface area (Å²) in [6.45, 7) is 17.1. The predicted molar refractivity (Wildman–Crippen MR) is 85.7 cm³/mol. The van der Waals surface area contributed by atoms with Crippen molar-refractivity contribution >= 4 is 11.8 Å². The van der Waals surface area contributed by atoms with Gasteiger partial charge in [-0.1, -0.05) is 55.4 Å². The summed E-state index contributed by atoms with van der Waals surface area (Å²) in [5.74, 6) is 1.04. The van der Waals surface area contributed by atoms with Crippen molar-refractivity contribution in [1.82, 2.24) is 10.2 Å². The zero-order valence-electron chi connectivity index (χ0n) is 14.9. The molecule has 0 spiro atoms. The van der Waals surface area contributed by atoms with Gasteiger partial charge in [-0.15, -0.1) is 0 Å². The maximum absolute atomic E-state index is 12.9. The molecule has 4 nitrogen and oxygen atoms in total. The molecule has 0 saturated carbocycles. The van der Waals surface area contributed by atoms with E-state index < -0.39 is 6.04 Å². The van der Waals surface area contributed by atoms with Crippen molar-refractivity contribution < 1.29 is 9.59 Å². The van der Waals surface area contributed by atoms with Gasteiger partial charge in [0.1, 0.15) is 12.1 Å². The van der Waals surface area contributed by atoms with Gasteiger partial charge in [0.05, 0.1) is 0 Å². The van der Waals surface area contributed by atoms with Crippen molar-refractivity contribution in [2.75, 3.05) is 6.54 Å². The topological polar surface area (TPSA) is 49.4 Å². The standard InChI is InChI=1S/C17H32N2O2/c1-10(2)12(5)9-19-13(11(3)4)15(20)18-14(16(19)21)17(6,7)8/h10-14H,9H2,1-8H3,(H,18,20). The maximum Gasteiger partial charge on any atom is 0.246 e. The lowest BCUT2D eigenvalue weighted by Gasteiger charge is -2.45. The van der Waals surface area contributed by atoms with Crippen LogP contribution in [-0.4, -0.2) is 35.3 Å². The monoisotopic (exact) mass is 296 g/mol. The summed E-state index contributed by atoms with van der Waals surface area (Å²) in [5.41, 5.74) is -0.270. The van der Waals surface area contributed by atoms with Crippen LogP contribution in [0.5, 0.6) is 0 Å². The summed E-state index contributed by atoms with van der Waals surface area (Å²) < 4.78 is 0. The Hall–Kier alpha value is -1.06. The number of nitrogens with one attached hydrogen (secondary N) is 1. The third-order valence-electron chi connectivity index (χ3n) is 4.54. The Kier molecular flexibility index (Phi) is 5.46.